The Morgan fingerprint density at radius 2 is 0.809 bits per heavy atom. The van der Waals surface area contributed by atoms with Crippen LogP contribution >= 0.6 is 56.6 Å². The molecule has 0 N–H and O–H groups in total. The van der Waals surface area contributed by atoms with E-state index in [1.54, 1.807) is 34.0 Å². The van der Waals surface area contributed by atoms with Crippen molar-refractivity contribution >= 4 is 103 Å². The van der Waals surface area contributed by atoms with E-state index in [4.69, 9.17) is 19.9 Å². The molecule has 2 aliphatic heterocycles. The Hall–Kier alpha value is -3.73. The number of aromatic nitrogens is 4. The van der Waals surface area contributed by atoms with E-state index in [1.807, 2.05) is 0 Å². The zero-order valence-corrected chi connectivity index (χ0v) is 32.3. The Balaban J connectivity index is 0.00000324. The number of hydrogen-bond acceptors (Lipinski definition) is 5. The Kier molecular flexibility index (Phi) is 8.27. The van der Waals surface area contributed by atoms with Gasteiger partial charge in [0.15, 0.2) is 0 Å². The van der Waals surface area contributed by atoms with E-state index < -0.39 is 0 Å². The number of rotatable bonds is 4. The fourth-order valence-electron chi connectivity index (χ4n) is 6.02. The van der Waals surface area contributed by atoms with E-state index in [1.165, 1.54) is 3.57 Å². The van der Waals surface area contributed by atoms with Crippen LogP contribution in [-0.4, -0.2) is 9.97 Å². The fourth-order valence-corrected chi connectivity index (χ4v) is 8.74. The minimum atomic E-state index is 0. The molecular formula is C38H21IN4S3Zn. The molecule has 0 saturated heterocycles. The van der Waals surface area contributed by atoms with Crippen LogP contribution in [0, 0.1) is 3.57 Å². The van der Waals surface area contributed by atoms with Gasteiger partial charge in [0.2, 0.25) is 0 Å². The standard InChI is InChI=1S/C38H21IN4S3.Zn/c39-23-9-7-22(8-10-23)35-24-11-13-26(40-24)36(32-4-1-19-44-32)28-15-17-30(42-28)38(34-6-3-21-46-34)31-18-16-29(43-31)37(33-5-2-20-45-33)27-14-12-25(35)41-27;/h1-21H;/q-2;+2. The SMILES string of the molecule is Ic1ccc(-c2c3nc(c(-c4cccs4)c4ccc([n-]4)c(-c4cccs4)c4nc(c(-c5cccs5)c5ccc2[n-]5)C=C4)C=C3)cc1.[Zn+2]. The van der Waals surface area contributed by atoms with Crippen molar-refractivity contribution < 1.29 is 19.5 Å². The first-order chi connectivity index (χ1) is 22.7. The summed E-state index contributed by atoms with van der Waals surface area (Å²) in [6.45, 7) is 0. The van der Waals surface area contributed by atoms with Crippen molar-refractivity contribution in [2.75, 3.05) is 0 Å². The second kappa shape index (κ2) is 12.7. The smallest absolute Gasteiger partial charge is 0.657 e. The summed E-state index contributed by atoms with van der Waals surface area (Å²) in [4.78, 5) is 24.6. The Morgan fingerprint density at radius 3 is 1.17 bits per heavy atom. The van der Waals surface area contributed by atoms with E-state index in [0.29, 0.717) is 0 Å². The normalized spacial score (nSPS) is 12.0. The number of hydrogen-bond donors (Lipinski definition) is 0. The maximum Gasteiger partial charge on any atom is 2.00 e. The molecule has 6 aromatic heterocycles. The molecule has 0 amide bonds. The van der Waals surface area contributed by atoms with Crippen molar-refractivity contribution in [3.63, 3.8) is 0 Å². The summed E-state index contributed by atoms with van der Waals surface area (Å²) in [5.74, 6) is 0. The molecule has 220 valence electrons. The predicted octanol–water partition coefficient (Wildman–Crippen LogP) is 11.4. The molecule has 4 nitrogen and oxygen atoms in total. The van der Waals surface area contributed by atoms with Crippen LogP contribution in [0.4, 0.5) is 0 Å². The minimum Gasteiger partial charge on any atom is -0.657 e. The third-order valence-electron chi connectivity index (χ3n) is 8.04. The summed E-state index contributed by atoms with van der Waals surface area (Å²) in [7, 11) is 0. The van der Waals surface area contributed by atoms with Gasteiger partial charge >= 0.3 is 19.5 Å². The Bertz CT molecular complexity index is 2440. The van der Waals surface area contributed by atoms with Crippen LogP contribution in [0.5, 0.6) is 0 Å². The largest absolute Gasteiger partial charge is 2.00 e. The Labute approximate surface area is 309 Å². The molecule has 0 spiro atoms. The van der Waals surface area contributed by atoms with Crippen molar-refractivity contribution in [2.24, 2.45) is 0 Å². The average Bonchev–Trinajstić information content (AvgIpc) is 3.91. The van der Waals surface area contributed by atoms with Gasteiger partial charge in [-0.2, -0.15) is 0 Å². The third-order valence-corrected chi connectivity index (χ3v) is 11.4. The molecule has 0 unspecified atom stereocenters. The molecule has 8 heterocycles. The van der Waals surface area contributed by atoms with Gasteiger partial charge in [0.1, 0.15) is 0 Å². The van der Waals surface area contributed by atoms with Gasteiger partial charge in [-0.15, -0.1) is 56.1 Å². The minimum absolute atomic E-state index is 0. The number of benzene rings is 1. The topological polar surface area (TPSA) is 54.0 Å². The average molecular weight is 822 g/mol. The zero-order valence-electron chi connectivity index (χ0n) is 24.7. The predicted molar refractivity (Wildman–Crippen MR) is 205 cm³/mol. The van der Waals surface area contributed by atoms with Crippen molar-refractivity contribution in [1.82, 2.24) is 19.9 Å². The molecule has 1 aromatic carbocycles. The molecule has 7 aromatic rings. The van der Waals surface area contributed by atoms with Crippen LogP contribution in [0.15, 0.2) is 101 Å². The number of nitrogens with zero attached hydrogens (tertiary/aromatic N) is 4. The van der Waals surface area contributed by atoms with E-state index in [9.17, 15) is 0 Å². The van der Waals surface area contributed by atoms with E-state index in [0.717, 1.165) is 87.3 Å². The molecule has 9 heteroatoms. The van der Waals surface area contributed by atoms with Crippen LogP contribution in [0.3, 0.4) is 0 Å². The maximum atomic E-state index is 5.30. The fraction of sp³-hybridized carbons (Fsp3) is 0. The second-order valence-corrected chi connectivity index (χ2v) is 14.9. The van der Waals surface area contributed by atoms with Gasteiger partial charge in [0, 0.05) is 34.9 Å². The first-order valence-corrected chi connectivity index (χ1v) is 18.3. The first-order valence-electron chi connectivity index (χ1n) is 14.6. The molecule has 0 saturated carbocycles. The quantitative estimate of drug-likeness (QED) is 0.131. The van der Waals surface area contributed by atoms with Crippen molar-refractivity contribution in [3.05, 3.63) is 127 Å². The van der Waals surface area contributed by atoms with E-state index in [2.05, 4.69) is 148 Å². The van der Waals surface area contributed by atoms with Crippen molar-refractivity contribution in [1.29, 1.82) is 0 Å². The van der Waals surface area contributed by atoms with Gasteiger partial charge < -0.3 is 9.97 Å². The number of thiophene rings is 3. The van der Waals surface area contributed by atoms with Gasteiger partial charge in [-0.1, -0.05) is 54.6 Å². The summed E-state index contributed by atoms with van der Waals surface area (Å²) in [5.41, 5.74) is 12.3. The van der Waals surface area contributed by atoms with Crippen molar-refractivity contribution in [3.8, 4) is 42.4 Å². The summed E-state index contributed by atoms with van der Waals surface area (Å²) in [5, 5.41) is 6.32. The number of fused-ring (bicyclic) bond motifs is 8. The molecule has 9 rings (SSSR count). The zero-order chi connectivity index (χ0) is 30.6. The third kappa shape index (κ3) is 5.54. The van der Waals surface area contributed by atoms with Crippen molar-refractivity contribution in [2.45, 2.75) is 0 Å². The molecule has 0 atom stereocenters. The van der Waals surface area contributed by atoms with E-state index >= 15 is 0 Å². The first kappa shape index (κ1) is 30.6. The summed E-state index contributed by atoms with van der Waals surface area (Å²) in [6, 6.07) is 29.7. The maximum absolute atomic E-state index is 5.30. The summed E-state index contributed by atoms with van der Waals surface area (Å²) < 4.78 is 1.18. The van der Waals surface area contributed by atoms with Crippen LogP contribution in [0.1, 0.15) is 22.8 Å². The Morgan fingerprint density at radius 1 is 0.447 bits per heavy atom. The monoisotopic (exact) mass is 820 g/mol. The van der Waals surface area contributed by atoms with Crippen LogP contribution in [-0.2, 0) is 19.5 Å². The van der Waals surface area contributed by atoms with Gasteiger partial charge in [-0.05, 0) is 104 Å². The van der Waals surface area contributed by atoms with E-state index in [-0.39, 0.29) is 19.5 Å². The summed E-state index contributed by atoms with van der Waals surface area (Å²) in [6.07, 6.45) is 8.47. The van der Waals surface area contributed by atoms with Crippen LogP contribution in [0.2, 0.25) is 0 Å². The van der Waals surface area contributed by atoms with Gasteiger partial charge in [-0.3, -0.25) is 0 Å². The van der Waals surface area contributed by atoms with Gasteiger partial charge in [0.25, 0.3) is 0 Å². The molecule has 8 bridgehead atoms. The molecule has 0 radical (unpaired) electrons. The molecule has 2 aliphatic rings. The van der Waals surface area contributed by atoms with Crippen LogP contribution < -0.4 is 9.97 Å². The molecule has 47 heavy (non-hydrogen) atoms. The summed E-state index contributed by atoms with van der Waals surface area (Å²) >= 11 is 7.45. The van der Waals surface area contributed by atoms with Gasteiger partial charge in [0.05, 0.1) is 22.8 Å². The second-order valence-electron chi connectivity index (χ2n) is 10.8. The number of halogens is 1. The molecular weight excluding hydrogens is 801 g/mol. The molecule has 0 fully saturated rings. The van der Waals surface area contributed by atoms with Gasteiger partial charge in [-0.25, -0.2) is 9.97 Å². The van der Waals surface area contributed by atoms with Crippen LogP contribution in [0.25, 0.3) is 88.8 Å². The molecule has 0 aliphatic carbocycles.